The lowest BCUT2D eigenvalue weighted by atomic mass is 9.74. The number of rotatable bonds is 6. The van der Waals surface area contributed by atoms with Gasteiger partial charge in [-0.1, -0.05) is 19.3 Å². The summed E-state index contributed by atoms with van der Waals surface area (Å²) < 4.78 is 29.7. The monoisotopic (exact) mass is 293 g/mol. The highest BCUT2D eigenvalue weighted by atomic mass is 32.2. The van der Waals surface area contributed by atoms with Crippen molar-refractivity contribution in [2.45, 2.75) is 32.1 Å². The summed E-state index contributed by atoms with van der Waals surface area (Å²) in [5.74, 6) is -2.66. The van der Waals surface area contributed by atoms with Gasteiger partial charge in [-0.25, -0.2) is 13.1 Å². The molecule has 0 aromatic rings. The molecule has 110 valence electrons. The maximum atomic E-state index is 11.6. The molecule has 0 unspecified atom stereocenters. The molecule has 0 heterocycles. The van der Waals surface area contributed by atoms with Gasteiger partial charge in [-0.2, -0.15) is 0 Å². The summed E-state index contributed by atoms with van der Waals surface area (Å²) in [6.45, 7) is -0.179. The zero-order valence-electron chi connectivity index (χ0n) is 10.8. The third-order valence-electron chi connectivity index (χ3n) is 3.43. The van der Waals surface area contributed by atoms with Gasteiger partial charge in [0.15, 0.2) is 5.75 Å². The van der Waals surface area contributed by atoms with Gasteiger partial charge in [-0.15, -0.1) is 0 Å². The van der Waals surface area contributed by atoms with E-state index in [1.54, 1.807) is 0 Å². The van der Waals surface area contributed by atoms with Crippen LogP contribution in [0, 0.1) is 5.41 Å². The first-order valence-corrected chi connectivity index (χ1v) is 7.74. The van der Waals surface area contributed by atoms with Crippen LogP contribution >= 0.6 is 0 Å². The van der Waals surface area contributed by atoms with Crippen LogP contribution in [0.5, 0.6) is 0 Å². The SMILES string of the molecule is COC(=O)CS(=O)(=O)NCC1(C(=O)O)CCCCC1. The summed E-state index contributed by atoms with van der Waals surface area (Å²) in [7, 11) is -2.76. The molecule has 0 saturated heterocycles. The first-order valence-electron chi connectivity index (χ1n) is 6.09. The second kappa shape index (κ2) is 6.33. The van der Waals surface area contributed by atoms with Crippen molar-refractivity contribution in [3.05, 3.63) is 0 Å². The average molecular weight is 293 g/mol. The molecule has 7 nitrogen and oxygen atoms in total. The van der Waals surface area contributed by atoms with E-state index in [1.165, 1.54) is 0 Å². The molecule has 8 heteroatoms. The van der Waals surface area contributed by atoms with Gasteiger partial charge in [-0.3, -0.25) is 9.59 Å². The molecular weight excluding hydrogens is 274 g/mol. The van der Waals surface area contributed by atoms with Crippen LogP contribution in [-0.4, -0.2) is 44.9 Å². The second-order valence-corrected chi connectivity index (χ2v) is 6.61. The predicted octanol–water partition coefficient (Wildman–Crippen LogP) is 0.114. The first-order chi connectivity index (χ1) is 8.81. The summed E-state index contributed by atoms with van der Waals surface area (Å²) in [6.07, 6.45) is 3.39. The van der Waals surface area contributed by atoms with Crippen molar-refractivity contribution in [3.63, 3.8) is 0 Å². The zero-order valence-corrected chi connectivity index (χ0v) is 11.7. The fraction of sp³-hybridized carbons (Fsp3) is 0.818. The van der Waals surface area contributed by atoms with Crippen molar-refractivity contribution in [3.8, 4) is 0 Å². The lowest BCUT2D eigenvalue weighted by molar-refractivity contribution is -0.150. The molecule has 0 atom stereocenters. The number of aliphatic carboxylic acids is 1. The summed E-state index contributed by atoms with van der Waals surface area (Å²) in [5, 5.41) is 9.29. The lowest BCUT2D eigenvalue weighted by Gasteiger charge is -2.33. The predicted molar refractivity (Wildman–Crippen MR) is 67.0 cm³/mol. The molecule has 1 aliphatic rings. The Morgan fingerprint density at radius 3 is 2.32 bits per heavy atom. The third kappa shape index (κ3) is 4.46. The van der Waals surface area contributed by atoms with Crippen molar-refractivity contribution in [2.24, 2.45) is 5.41 Å². The number of carbonyl (C=O) groups is 2. The number of methoxy groups -OCH3 is 1. The minimum Gasteiger partial charge on any atom is -0.481 e. The van der Waals surface area contributed by atoms with Gasteiger partial charge in [0, 0.05) is 6.54 Å². The Morgan fingerprint density at radius 2 is 1.84 bits per heavy atom. The van der Waals surface area contributed by atoms with Crippen LogP contribution in [0.3, 0.4) is 0 Å². The van der Waals surface area contributed by atoms with E-state index in [-0.39, 0.29) is 6.54 Å². The average Bonchev–Trinajstić information content (AvgIpc) is 2.37. The quantitative estimate of drug-likeness (QED) is 0.673. The van der Waals surface area contributed by atoms with E-state index in [9.17, 15) is 23.1 Å². The van der Waals surface area contributed by atoms with Crippen LogP contribution in [-0.2, 0) is 24.3 Å². The van der Waals surface area contributed by atoms with Crippen molar-refractivity contribution in [1.29, 1.82) is 0 Å². The Labute approximate surface area is 112 Å². The second-order valence-electron chi connectivity index (χ2n) is 4.80. The minimum absolute atomic E-state index is 0.179. The molecule has 0 aromatic carbocycles. The molecule has 0 aromatic heterocycles. The van der Waals surface area contributed by atoms with Crippen molar-refractivity contribution in [1.82, 2.24) is 4.72 Å². The number of carbonyl (C=O) groups excluding carboxylic acids is 1. The zero-order chi connectivity index (χ0) is 14.5. The van der Waals surface area contributed by atoms with Gasteiger partial charge in [0.2, 0.25) is 10.0 Å². The van der Waals surface area contributed by atoms with E-state index >= 15 is 0 Å². The first kappa shape index (κ1) is 15.9. The normalized spacial score (nSPS) is 18.8. The van der Waals surface area contributed by atoms with Crippen LogP contribution in [0.25, 0.3) is 0 Å². The summed E-state index contributed by atoms with van der Waals surface area (Å²) in [4.78, 5) is 22.3. The molecule has 1 saturated carbocycles. The maximum absolute atomic E-state index is 11.6. The Hall–Kier alpha value is -1.15. The fourth-order valence-corrected chi connectivity index (χ4v) is 3.23. The smallest absolute Gasteiger partial charge is 0.322 e. The molecule has 1 fully saturated rings. The Bertz CT molecular complexity index is 438. The molecule has 0 radical (unpaired) electrons. The lowest BCUT2D eigenvalue weighted by Crippen LogP contribution is -2.45. The van der Waals surface area contributed by atoms with E-state index in [1.807, 2.05) is 0 Å². The highest BCUT2D eigenvalue weighted by molar-refractivity contribution is 7.90. The molecule has 1 rings (SSSR count). The molecule has 0 aliphatic heterocycles. The van der Waals surface area contributed by atoms with E-state index in [2.05, 4.69) is 9.46 Å². The Balaban J connectivity index is 2.66. The van der Waals surface area contributed by atoms with Gasteiger partial charge < -0.3 is 9.84 Å². The van der Waals surface area contributed by atoms with E-state index in [0.29, 0.717) is 12.8 Å². The molecule has 19 heavy (non-hydrogen) atoms. The van der Waals surface area contributed by atoms with E-state index in [0.717, 1.165) is 26.4 Å². The van der Waals surface area contributed by atoms with Gasteiger partial charge in [-0.05, 0) is 12.8 Å². The molecule has 0 amide bonds. The molecule has 0 spiro atoms. The number of carboxylic acids is 1. The van der Waals surface area contributed by atoms with Crippen LogP contribution in [0.4, 0.5) is 0 Å². The standard InChI is InChI=1S/C11H19NO6S/c1-18-9(13)7-19(16,17)12-8-11(10(14)15)5-3-2-4-6-11/h12H,2-8H2,1H3,(H,14,15). The van der Waals surface area contributed by atoms with E-state index in [4.69, 9.17) is 0 Å². The fourth-order valence-electron chi connectivity index (χ4n) is 2.21. The van der Waals surface area contributed by atoms with Gasteiger partial charge in [0.05, 0.1) is 12.5 Å². The Morgan fingerprint density at radius 1 is 1.26 bits per heavy atom. The van der Waals surface area contributed by atoms with Gasteiger partial charge in [0.1, 0.15) is 0 Å². The summed E-state index contributed by atoms with van der Waals surface area (Å²) >= 11 is 0. The van der Waals surface area contributed by atoms with Crippen molar-refractivity contribution < 1.29 is 27.9 Å². The number of nitrogens with one attached hydrogen (secondary N) is 1. The number of carboxylic acid groups (broad SMARTS) is 1. The molecular formula is C11H19NO6S. The summed E-state index contributed by atoms with van der Waals surface area (Å²) in [5.41, 5.74) is -1.05. The highest BCUT2D eigenvalue weighted by Crippen LogP contribution is 2.36. The molecule has 0 bridgehead atoms. The number of hydrogen-bond donors (Lipinski definition) is 2. The number of ether oxygens (including phenoxy) is 1. The molecule has 1 aliphatic carbocycles. The minimum atomic E-state index is -3.85. The Kier molecular flexibility index (Phi) is 5.30. The van der Waals surface area contributed by atoms with Gasteiger partial charge >= 0.3 is 11.9 Å². The van der Waals surface area contributed by atoms with Gasteiger partial charge in [0.25, 0.3) is 0 Å². The van der Waals surface area contributed by atoms with Crippen LogP contribution in [0.1, 0.15) is 32.1 Å². The number of esters is 1. The van der Waals surface area contributed by atoms with Crippen molar-refractivity contribution >= 4 is 22.0 Å². The largest absolute Gasteiger partial charge is 0.481 e. The third-order valence-corrected chi connectivity index (χ3v) is 4.63. The van der Waals surface area contributed by atoms with Crippen LogP contribution < -0.4 is 4.72 Å². The van der Waals surface area contributed by atoms with Crippen molar-refractivity contribution in [2.75, 3.05) is 19.4 Å². The van der Waals surface area contributed by atoms with Crippen LogP contribution in [0.15, 0.2) is 0 Å². The number of sulfonamides is 1. The van der Waals surface area contributed by atoms with Crippen LogP contribution in [0.2, 0.25) is 0 Å². The number of hydrogen-bond acceptors (Lipinski definition) is 5. The van der Waals surface area contributed by atoms with E-state index < -0.39 is 33.1 Å². The molecule has 2 N–H and O–H groups in total. The maximum Gasteiger partial charge on any atom is 0.322 e. The topological polar surface area (TPSA) is 110 Å². The summed E-state index contributed by atoms with van der Waals surface area (Å²) in [6, 6.07) is 0. The highest BCUT2D eigenvalue weighted by Gasteiger charge is 2.40.